The molecule has 2 rings (SSSR count). The highest BCUT2D eigenvalue weighted by Gasteiger charge is 2.26. The third-order valence-corrected chi connectivity index (χ3v) is 4.66. The van der Waals surface area contributed by atoms with Crippen LogP contribution in [0.15, 0.2) is 24.3 Å². The molecule has 0 bridgehead atoms. The van der Waals surface area contributed by atoms with Gasteiger partial charge in [-0.25, -0.2) is 4.79 Å². The van der Waals surface area contributed by atoms with Gasteiger partial charge in [0.05, 0.1) is 0 Å². The first-order chi connectivity index (χ1) is 10.3. The quantitative estimate of drug-likeness (QED) is 0.745. The SMILES string of the molecule is CC(C)(C)OC(=O)N1CCC(CNc2ccccc2I)CC1. The van der Waals surface area contributed by atoms with Crippen molar-refractivity contribution in [1.29, 1.82) is 0 Å². The average molecular weight is 416 g/mol. The Bertz CT molecular complexity index is 506. The molecule has 0 saturated carbocycles. The van der Waals surface area contributed by atoms with Crippen LogP contribution in [-0.4, -0.2) is 36.2 Å². The smallest absolute Gasteiger partial charge is 0.410 e. The molecule has 0 atom stereocenters. The molecule has 0 spiro atoms. The number of hydrogen-bond acceptors (Lipinski definition) is 3. The molecule has 5 heteroatoms. The van der Waals surface area contributed by atoms with Crippen molar-refractivity contribution in [3.63, 3.8) is 0 Å². The Morgan fingerprint density at radius 1 is 1.32 bits per heavy atom. The first-order valence-corrected chi connectivity index (χ1v) is 8.89. The van der Waals surface area contributed by atoms with E-state index >= 15 is 0 Å². The minimum atomic E-state index is -0.417. The molecule has 1 aliphatic heterocycles. The summed E-state index contributed by atoms with van der Waals surface area (Å²) in [5.41, 5.74) is 0.775. The second kappa shape index (κ2) is 7.53. The normalized spacial score (nSPS) is 16.5. The summed E-state index contributed by atoms with van der Waals surface area (Å²) >= 11 is 2.35. The summed E-state index contributed by atoms with van der Waals surface area (Å²) in [6.07, 6.45) is 1.86. The van der Waals surface area contributed by atoms with Crippen molar-refractivity contribution in [3.8, 4) is 0 Å². The number of nitrogens with one attached hydrogen (secondary N) is 1. The van der Waals surface area contributed by atoms with Crippen LogP contribution in [0.2, 0.25) is 0 Å². The number of anilines is 1. The lowest BCUT2D eigenvalue weighted by molar-refractivity contribution is 0.0188. The third kappa shape index (κ3) is 5.34. The number of carbonyl (C=O) groups excluding carboxylic acids is 1. The zero-order chi connectivity index (χ0) is 16.2. The summed E-state index contributed by atoms with van der Waals surface area (Å²) in [6.45, 7) is 8.25. The van der Waals surface area contributed by atoms with Crippen LogP contribution >= 0.6 is 22.6 Å². The van der Waals surface area contributed by atoms with E-state index in [1.54, 1.807) is 0 Å². The number of amides is 1. The van der Waals surface area contributed by atoms with Gasteiger partial charge in [-0.15, -0.1) is 0 Å². The summed E-state index contributed by atoms with van der Waals surface area (Å²) in [5.74, 6) is 0.606. The van der Waals surface area contributed by atoms with Crippen molar-refractivity contribution in [1.82, 2.24) is 4.90 Å². The van der Waals surface area contributed by atoms with Crippen molar-refractivity contribution in [2.24, 2.45) is 5.92 Å². The Kier molecular flexibility index (Phi) is 5.94. The van der Waals surface area contributed by atoms with Crippen LogP contribution in [0.5, 0.6) is 0 Å². The van der Waals surface area contributed by atoms with Crippen LogP contribution in [0.3, 0.4) is 0 Å². The summed E-state index contributed by atoms with van der Waals surface area (Å²) in [5, 5.41) is 3.52. The fourth-order valence-corrected chi connectivity index (χ4v) is 3.08. The maximum Gasteiger partial charge on any atom is 0.410 e. The number of rotatable bonds is 3. The van der Waals surface area contributed by atoms with Gasteiger partial charge in [-0.05, 0) is 74.3 Å². The lowest BCUT2D eigenvalue weighted by atomic mass is 9.97. The fourth-order valence-electron chi connectivity index (χ4n) is 2.51. The topological polar surface area (TPSA) is 41.6 Å². The fraction of sp³-hybridized carbons (Fsp3) is 0.588. The van der Waals surface area contributed by atoms with E-state index in [9.17, 15) is 4.79 Å². The Labute approximate surface area is 146 Å². The number of ether oxygens (including phenoxy) is 1. The van der Waals surface area contributed by atoms with Gasteiger partial charge >= 0.3 is 6.09 Å². The molecule has 0 radical (unpaired) electrons. The number of likely N-dealkylation sites (tertiary alicyclic amines) is 1. The Balaban J connectivity index is 1.76. The highest BCUT2D eigenvalue weighted by molar-refractivity contribution is 14.1. The van der Waals surface area contributed by atoms with Gasteiger partial charge in [0.1, 0.15) is 5.60 Å². The third-order valence-electron chi connectivity index (χ3n) is 3.72. The van der Waals surface area contributed by atoms with Crippen molar-refractivity contribution in [3.05, 3.63) is 27.8 Å². The van der Waals surface area contributed by atoms with Crippen molar-refractivity contribution >= 4 is 34.4 Å². The zero-order valence-electron chi connectivity index (χ0n) is 13.6. The maximum absolute atomic E-state index is 12.0. The summed E-state index contributed by atoms with van der Waals surface area (Å²) < 4.78 is 6.67. The van der Waals surface area contributed by atoms with Gasteiger partial charge < -0.3 is 15.0 Å². The first-order valence-electron chi connectivity index (χ1n) is 7.81. The Morgan fingerprint density at radius 2 is 1.95 bits per heavy atom. The number of carbonyl (C=O) groups is 1. The van der Waals surface area contributed by atoms with E-state index in [0.717, 1.165) is 32.5 Å². The molecule has 4 nitrogen and oxygen atoms in total. The van der Waals surface area contributed by atoms with Gasteiger partial charge in [0, 0.05) is 28.9 Å². The van der Waals surface area contributed by atoms with Gasteiger partial charge in [0.2, 0.25) is 0 Å². The molecular weight excluding hydrogens is 391 g/mol. The molecule has 0 aromatic heterocycles. The van der Waals surface area contributed by atoms with E-state index in [1.807, 2.05) is 31.7 Å². The highest BCUT2D eigenvalue weighted by atomic mass is 127. The van der Waals surface area contributed by atoms with E-state index in [-0.39, 0.29) is 6.09 Å². The van der Waals surface area contributed by atoms with Crippen LogP contribution in [0, 0.1) is 9.49 Å². The second-order valence-electron chi connectivity index (χ2n) is 6.77. The van der Waals surface area contributed by atoms with E-state index < -0.39 is 5.60 Å². The van der Waals surface area contributed by atoms with Crippen LogP contribution in [0.25, 0.3) is 0 Å². The lowest BCUT2D eigenvalue weighted by Crippen LogP contribution is -2.42. The minimum Gasteiger partial charge on any atom is -0.444 e. The predicted octanol–water partition coefficient (Wildman–Crippen LogP) is 4.35. The molecule has 1 saturated heterocycles. The molecule has 1 N–H and O–H groups in total. The Morgan fingerprint density at radius 3 is 2.55 bits per heavy atom. The molecule has 0 aliphatic carbocycles. The van der Waals surface area contributed by atoms with Crippen molar-refractivity contribution < 1.29 is 9.53 Å². The van der Waals surface area contributed by atoms with Crippen LogP contribution in [0.1, 0.15) is 33.6 Å². The van der Waals surface area contributed by atoms with Crippen LogP contribution < -0.4 is 5.32 Å². The molecule has 1 amide bonds. The first kappa shape index (κ1) is 17.4. The number of para-hydroxylation sites is 1. The monoisotopic (exact) mass is 416 g/mol. The molecule has 1 aromatic carbocycles. The minimum absolute atomic E-state index is 0.184. The van der Waals surface area contributed by atoms with E-state index in [2.05, 4.69) is 46.1 Å². The molecule has 1 aromatic rings. The second-order valence-corrected chi connectivity index (χ2v) is 7.93. The van der Waals surface area contributed by atoms with Gasteiger partial charge in [0.25, 0.3) is 0 Å². The largest absolute Gasteiger partial charge is 0.444 e. The summed E-state index contributed by atoms with van der Waals surface area (Å²) in [4.78, 5) is 13.9. The molecular formula is C17H25IN2O2. The molecule has 1 fully saturated rings. The standard InChI is InChI=1S/C17H25IN2O2/c1-17(2,3)22-16(21)20-10-8-13(9-11-20)12-19-15-7-5-4-6-14(15)18/h4-7,13,19H,8-12H2,1-3H3. The zero-order valence-corrected chi connectivity index (χ0v) is 15.7. The van der Waals surface area contributed by atoms with E-state index in [1.165, 1.54) is 9.26 Å². The average Bonchev–Trinajstić information content (AvgIpc) is 2.45. The highest BCUT2D eigenvalue weighted by Crippen LogP contribution is 2.22. The lowest BCUT2D eigenvalue weighted by Gasteiger charge is -2.33. The number of halogens is 1. The van der Waals surface area contributed by atoms with Gasteiger partial charge in [-0.1, -0.05) is 12.1 Å². The van der Waals surface area contributed by atoms with Crippen LogP contribution in [-0.2, 0) is 4.74 Å². The van der Waals surface area contributed by atoms with Crippen LogP contribution in [0.4, 0.5) is 10.5 Å². The molecule has 1 heterocycles. The predicted molar refractivity (Wildman–Crippen MR) is 98.2 cm³/mol. The number of hydrogen-bond donors (Lipinski definition) is 1. The molecule has 22 heavy (non-hydrogen) atoms. The van der Waals surface area contributed by atoms with Gasteiger partial charge in [-0.2, -0.15) is 0 Å². The van der Waals surface area contributed by atoms with E-state index in [4.69, 9.17) is 4.74 Å². The Hall–Kier alpha value is -0.980. The molecule has 122 valence electrons. The summed E-state index contributed by atoms with van der Waals surface area (Å²) in [6, 6.07) is 8.31. The van der Waals surface area contributed by atoms with E-state index in [0.29, 0.717) is 5.92 Å². The van der Waals surface area contributed by atoms with Gasteiger partial charge in [0.15, 0.2) is 0 Å². The number of nitrogens with zero attached hydrogens (tertiary/aromatic N) is 1. The maximum atomic E-state index is 12.0. The molecule has 1 aliphatic rings. The van der Waals surface area contributed by atoms with Crippen molar-refractivity contribution in [2.75, 3.05) is 25.0 Å². The molecule has 0 unspecified atom stereocenters. The number of benzene rings is 1. The summed E-state index contributed by atoms with van der Waals surface area (Å²) in [7, 11) is 0. The van der Waals surface area contributed by atoms with Gasteiger partial charge in [-0.3, -0.25) is 0 Å². The number of piperidine rings is 1. The van der Waals surface area contributed by atoms with Crippen molar-refractivity contribution in [2.45, 2.75) is 39.2 Å².